The number of hydrogen-bond donors (Lipinski definition) is 3. The molecule has 0 rings (SSSR count). The first-order chi connectivity index (χ1) is 28.0. The van der Waals surface area contributed by atoms with Gasteiger partial charge in [-0.3, -0.25) is 9.59 Å². The molecule has 0 aromatic heterocycles. The van der Waals surface area contributed by atoms with Gasteiger partial charge in [0.2, 0.25) is 5.91 Å². The van der Waals surface area contributed by atoms with Crippen LogP contribution in [-0.4, -0.2) is 47.4 Å². The van der Waals surface area contributed by atoms with Crippen LogP contribution in [0.3, 0.4) is 0 Å². The predicted octanol–water partition coefficient (Wildman–Crippen LogP) is 14.5. The van der Waals surface area contributed by atoms with Gasteiger partial charge in [0.15, 0.2) is 0 Å². The predicted molar refractivity (Wildman–Crippen MR) is 246 cm³/mol. The van der Waals surface area contributed by atoms with Crippen LogP contribution in [0.25, 0.3) is 0 Å². The Morgan fingerprint density at radius 1 is 0.474 bits per heavy atom. The van der Waals surface area contributed by atoms with Crippen molar-refractivity contribution in [3.05, 3.63) is 36.5 Å². The lowest BCUT2D eigenvalue weighted by Gasteiger charge is -2.20. The number of hydrogen-bond acceptors (Lipinski definition) is 5. The molecule has 2 atom stereocenters. The Hall–Kier alpha value is -1.92. The van der Waals surface area contributed by atoms with Gasteiger partial charge in [0.1, 0.15) is 0 Å². The van der Waals surface area contributed by atoms with Gasteiger partial charge in [-0.1, -0.05) is 192 Å². The molecular formula is C51H95NO5. The number of rotatable bonds is 45. The number of carbonyl (C=O) groups excluding carboxylic acids is 2. The van der Waals surface area contributed by atoms with Crippen LogP contribution in [0, 0.1) is 0 Å². The van der Waals surface area contributed by atoms with E-state index in [0.29, 0.717) is 19.4 Å². The third-order valence-corrected chi connectivity index (χ3v) is 11.1. The molecule has 0 heterocycles. The fourth-order valence-corrected chi connectivity index (χ4v) is 7.27. The summed E-state index contributed by atoms with van der Waals surface area (Å²) in [6.45, 7) is 4.79. The second kappa shape index (κ2) is 46.8. The highest BCUT2D eigenvalue weighted by atomic mass is 16.5. The molecule has 0 bridgehead atoms. The minimum Gasteiger partial charge on any atom is -0.466 e. The van der Waals surface area contributed by atoms with Crippen LogP contribution in [0.1, 0.15) is 251 Å². The van der Waals surface area contributed by atoms with E-state index < -0.39 is 12.1 Å². The second-order valence-electron chi connectivity index (χ2n) is 16.8. The Morgan fingerprint density at radius 2 is 0.825 bits per heavy atom. The smallest absolute Gasteiger partial charge is 0.305 e. The minimum atomic E-state index is -0.863. The number of esters is 1. The molecule has 0 fully saturated rings. The van der Waals surface area contributed by atoms with Crippen molar-refractivity contribution >= 4 is 11.9 Å². The van der Waals surface area contributed by atoms with E-state index in [4.69, 9.17) is 4.74 Å². The Morgan fingerprint density at radius 3 is 1.28 bits per heavy atom. The van der Waals surface area contributed by atoms with Crippen molar-refractivity contribution in [2.75, 3.05) is 13.2 Å². The van der Waals surface area contributed by atoms with E-state index in [1.165, 1.54) is 141 Å². The zero-order valence-electron chi connectivity index (χ0n) is 37.8. The first-order valence-corrected chi connectivity index (χ1v) is 24.8. The lowest BCUT2D eigenvalue weighted by atomic mass is 10.0. The highest BCUT2D eigenvalue weighted by Crippen LogP contribution is 2.15. The minimum absolute atomic E-state index is 0.0437. The summed E-state index contributed by atoms with van der Waals surface area (Å²) in [4.78, 5) is 24.4. The Labute approximate surface area is 353 Å². The molecule has 0 aromatic carbocycles. The van der Waals surface area contributed by atoms with Crippen LogP contribution >= 0.6 is 0 Å². The van der Waals surface area contributed by atoms with E-state index >= 15 is 0 Å². The molecule has 0 aliphatic rings. The summed E-state index contributed by atoms with van der Waals surface area (Å²) in [5.74, 6) is -0.141. The quantitative estimate of drug-likeness (QED) is 0.0324. The van der Waals surface area contributed by atoms with E-state index in [1.807, 2.05) is 6.08 Å². The maximum Gasteiger partial charge on any atom is 0.305 e. The molecule has 0 aromatic rings. The maximum absolute atomic E-state index is 12.4. The Balaban J connectivity index is 3.58. The van der Waals surface area contributed by atoms with E-state index in [0.717, 1.165) is 83.5 Å². The zero-order valence-corrected chi connectivity index (χ0v) is 37.8. The van der Waals surface area contributed by atoms with Gasteiger partial charge in [0.05, 0.1) is 25.4 Å². The van der Waals surface area contributed by atoms with E-state index in [1.54, 1.807) is 6.08 Å². The summed E-state index contributed by atoms with van der Waals surface area (Å²) >= 11 is 0. The van der Waals surface area contributed by atoms with Crippen molar-refractivity contribution in [3.63, 3.8) is 0 Å². The fraction of sp³-hybridized carbons (Fsp3) is 0.843. The summed E-state index contributed by atoms with van der Waals surface area (Å²) in [5, 5.41) is 23.0. The summed E-state index contributed by atoms with van der Waals surface area (Å²) in [5.41, 5.74) is 0. The molecular weight excluding hydrogens is 707 g/mol. The van der Waals surface area contributed by atoms with Gasteiger partial charge in [-0.15, -0.1) is 0 Å². The number of amides is 1. The summed E-state index contributed by atoms with van der Waals surface area (Å²) < 4.78 is 5.41. The van der Waals surface area contributed by atoms with Crippen LogP contribution in [0.2, 0.25) is 0 Å². The SMILES string of the molecule is CCCCC/C=C\CCCCCCCC(=O)OCCCC/C=C\CCCCCCCC(=O)NC(CO)C(O)/C=C/CCCCCCCCCCCCCCCCC. The average molecular weight is 802 g/mol. The zero-order chi connectivity index (χ0) is 41.5. The molecule has 334 valence electrons. The number of nitrogens with one attached hydrogen (secondary N) is 1. The molecule has 1 amide bonds. The van der Waals surface area contributed by atoms with Crippen LogP contribution in [0.15, 0.2) is 36.5 Å². The highest BCUT2D eigenvalue weighted by molar-refractivity contribution is 5.76. The average Bonchev–Trinajstić information content (AvgIpc) is 3.21. The van der Waals surface area contributed by atoms with Crippen LogP contribution in [0.4, 0.5) is 0 Å². The number of allylic oxidation sites excluding steroid dienone is 5. The lowest BCUT2D eigenvalue weighted by Crippen LogP contribution is -2.45. The van der Waals surface area contributed by atoms with Gasteiger partial charge in [-0.25, -0.2) is 0 Å². The normalized spacial score (nSPS) is 13.0. The molecule has 2 unspecified atom stereocenters. The van der Waals surface area contributed by atoms with Gasteiger partial charge in [-0.2, -0.15) is 0 Å². The molecule has 6 heteroatoms. The summed E-state index contributed by atoms with van der Waals surface area (Å²) in [7, 11) is 0. The number of unbranched alkanes of at least 4 members (excludes halogenated alkanes) is 30. The van der Waals surface area contributed by atoms with Crippen LogP contribution in [0.5, 0.6) is 0 Å². The van der Waals surface area contributed by atoms with Gasteiger partial charge < -0.3 is 20.3 Å². The number of ether oxygens (including phenoxy) is 1. The summed E-state index contributed by atoms with van der Waals surface area (Å²) in [6.07, 6.45) is 55.7. The number of aliphatic hydroxyl groups excluding tert-OH is 2. The Kier molecular flexibility index (Phi) is 45.2. The topological polar surface area (TPSA) is 95.9 Å². The highest BCUT2D eigenvalue weighted by Gasteiger charge is 2.18. The molecule has 6 nitrogen and oxygen atoms in total. The van der Waals surface area contributed by atoms with Crippen molar-refractivity contribution in [3.8, 4) is 0 Å². The standard InChI is InChI=1S/C51H95NO5/c1-3-5-7-9-11-13-15-17-18-19-20-21-23-27-31-35-39-43-49(54)48(47-53)52-50(55)44-40-36-32-28-24-22-26-30-34-38-42-46-57-51(56)45-41-37-33-29-25-16-14-12-10-8-6-4-2/h12,14,26,30,39,43,48-49,53-54H,3-11,13,15-25,27-29,31-38,40-42,44-47H2,1-2H3,(H,52,55)/b14-12-,30-26-,43-39+. The number of aliphatic hydroxyl groups is 2. The van der Waals surface area contributed by atoms with Crippen LogP contribution < -0.4 is 5.32 Å². The molecule has 0 spiro atoms. The molecule has 57 heavy (non-hydrogen) atoms. The van der Waals surface area contributed by atoms with Gasteiger partial charge in [-0.05, 0) is 83.5 Å². The van der Waals surface area contributed by atoms with Gasteiger partial charge in [0.25, 0.3) is 0 Å². The van der Waals surface area contributed by atoms with Gasteiger partial charge in [0, 0.05) is 12.8 Å². The molecule has 0 saturated carbocycles. The first kappa shape index (κ1) is 55.1. The first-order valence-electron chi connectivity index (χ1n) is 24.8. The lowest BCUT2D eigenvalue weighted by molar-refractivity contribution is -0.143. The molecule has 0 radical (unpaired) electrons. The molecule has 0 aliphatic heterocycles. The van der Waals surface area contributed by atoms with E-state index in [2.05, 4.69) is 43.5 Å². The van der Waals surface area contributed by atoms with Crippen molar-refractivity contribution in [2.24, 2.45) is 0 Å². The molecule has 0 aliphatic carbocycles. The molecule has 3 N–H and O–H groups in total. The van der Waals surface area contributed by atoms with Crippen molar-refractivity contribution in [1.29, 1.82) is 0 Å². The maximum atomic E-state index is 12.4. The van der Waals surface area contributed by atoms with E-state index in [-0.39, 0.29) is 18.5 Å². The van der Waals surface area contributed by atoms with Crippen molar-refractivity contribution < 1.29 is 24.5 Å². The largest absolute Gasteiger partial charge is 0.466 e. The van der Waals surface area contributed by atoms with Crippen molar-refractivity contribution in [1.82, 2.24) is 5.32 Å². The van der Waals surface area contributed by atoms with Crippen molar-refractivity contribution in [2.45, 2.75) is 264 Å². The molecule has 0 saturated heterocycles. The number of carbonyl (C=O) groups is 2. The van der Waals surface area contributed by atoms with E-state index in [9.17, 15) is 19.8 Å². The van der Waals surface area contributed by atoms with Crippen LogP contribution in [-0.2, 0) is 14.3 Å². The second-order valence-corrected chi connectivity index (χ2v) is 16.8. The fourth-order valence-electron chi connectivity index (χ4n) is 7.27. The Bertz CT molecular complexity index is 931. The third kappa shape index (κ3) is 43.5. The monoisotopic (exact) mass is 802 g/mol. The van der Waals surface area contributed by atoms with Gasteiger partial charge >= 0.3 is 5.97 Å². The summed E-state index contributed by atoms with van der Waals surface area (Å²) in [6, 6.07) is -0.649. The third-order valence-electron chi connectivity index (χ3n) is 11.1.